The average molecular weight is 272 g/mol. The summed E-state index contributed by atoms with van der Waals surface area (Å²) in [5.41, 5.74) is 0.915. The molecular formula is C16H20N2O2. The van der Waals surface area contributed by atoms with Crippen molar-refractivity contribution in [2.24, 2.45) is 0 Å². The van der Waals surface area contributed by atoms with Crippen LogP contribution in [0, 0.1) is 11.3 Å². The van der Waals surface area contributed by atoms with Crippen LogP contribution in [0.5, 0.6) is 5.75 Å². The first-order valence-corrected chi connectivity index (χ1v) is 6.84. The van der Waals surface area contributed by atoms with Crippen LogP contribution < -0.4 is 10.1 Å². The Labute approximate surface area is 120 Å². The first-order valence-electron chi connectivity index (χ1n) is 6.84. The smallest absolute Gasteiger partial charge is 0.261 e. The molecule has 1 aromatic carbocycles. The van der Waals surface area contributed by atoms with Gasteiger partial charge in [-0.1, -0.05) is 26.0 Å². The van der Waals surface area contributed by atoms with E-state index in [1.54, 1.807) is 6.08 Å². The first-order chi connectivity index (χ1) is 9.71. The molecule has 0 saturated carbocycles. The zero-order valence-corrected chi connectivity index (χ0v) is 12.0. The molecule has 4 heteroatoms. The van der Waals surface area contributed by atoms with E-state index in [4.69, 9.17) is 10.00 Å². The quantitative estimate of drug-likeness (QED) is 0.613. The van der Waals surface area contributed by atoms with Gasteiger partial charge in [0.05, 0.1) is 6.61 Å². The topological polar surface area (TPSA) is 62.1 Å². The molecule has 4 nitrogen and oxygen atoms in total. The van der Waals surface area contributed by atoms with E-state index in [0.29, 0.717) is 13.2 Å². The minimum absolute atomic E-state index is 0.112. The minimum Gasteiger partial charge on any atom is -0.494 e. The van der Waals surface area contributed by atoms with Gasteiger partial charge in [-0.15, -0.1) is 0 Å². The molecule has 0 radical (unpaired) electrons. The maximum Gasteiger partial charge on any atom is 0.261 e. The van der Waals surface area contributed by atoms with Gasteiger partial charge in [0.1, 0.15) is 17.4 Å². The van der Waals surface area contributed by atoms with E-state index in [-0.39, 0.29) is 11.5 Å². The van der Waals surface area contributed by atoms with Crippen molar-refractivity contribution in [2.45, 2.75) is 26.7 Å². The molecule has 0 bridgehead atoms. The summed E-state index contributed by atoms with van der Waals surface area (Å²) < 4.78 is 5.48. The number of nitrogens with one attached hydrogen (secondary N) is 1. The number of hydrogen-bond donors (Lipinski definition) is 1. The summed E-state index contributed by atoms with van der Waals surface area (Å²) in [7, 11) is 0. The number of nitrogens with zero attached hydrogens (tertiary/aromatic N) is 1. The molecule has 1 rings (SSSR count). The lowest BCUT2D eigenvalue weighted by atomic mass is 10.1. The minimum atomic E-state index is -0.333. The Morgan fingerprint density at radius 3 is 2.55 bits per heavy atom. The lowest BCUT2D eigenvalue weighted by molar-refractivity contribution is -0.117. The van der Waals surface area contributed by atoms with Crippen LogP contribution in [0.4, 0.5) is 0 Å². The highest BCUT2D eigenvalue weighted by Crippen LogP contribution is 2.14. The number of benzene rings is 1. The number of hydrogen-bond acceptors (Lipinski definition) is 3. The van der Waals surface area contributed by atoms with Crippen LogP contribution in [0.3, 0.4) is 0 Å². The molecule has 0 atom stereocenters. The molecule has 0 aliphatic heterocycles. The summed E-state index contributed by atoms with van der Waals surface area (Å²) in [6.45, 7) is 5.26. The standard InChI is InChI=1S/C16H20N2O2/c1-3-9-18-16(19)14(12-17)11-13-5-7-15(8-6-13)20-10-4-2/h5-8,11H,3-4,9-10H2,1-2H3,(H,18,19)/b14-11-. The fourth-order valence-electron chi connectivity index (χ4n) is 1.53. The fraction of sp³-hybridized carbons (Fsp3) is 0.375. The number of ether oxygens (including phenoxy) is 1. The summed E-state index contributed by atoms with van der Waals surface area (Å²) in [6.07, 6.45) is 3.38. The van der Waals surface area contributed by atoms with E-state index in [1.807, 2.05) is 44.2 Å². The van der Waals surface area contributed by atoms with Crippen LogP contribution in [0.15, 0.2) is 29.8 Å². The Morgan fingerprint density at radius 1 is 1.30 bits per heavy atom. The van der Waals surface area contributed by atoms with Gasteiger partial charge in [-0.3, -0.25) is 4.79 Å². The SMILES string of the molecule is CCCNC(=O)/C(C#N)=C\c1ccc(OCCC)cc1. The lowest BCUT2D eigenvalue weighted by Crippen LogP contribution is -2.25. The van der Waals surface area contributed by atoms with Crippen molar-refractivity contribution in [1.29, 1.82) is 5.26 Å². The summed E-state index contributed by atoms with van der Waals surface area (Å²) in [4.78, 5) is 11.7. The summed E-state index contributed by atoms with van der Waals surface area (Å²) in [6, 6.07) is 9.25. The molecule has 0 saturated heterocycles. The van der Waals surface area contributed by atoms with Crippen LogP contribution >= 0.6 is 0 Å². The second kappa shape index (κ2) is 8.76. The van der Waals surface area contributed by atoms with Crippen LogP contribution in [0.2, 0.25) is 0 Å². The molecule has 1 amide bonds. The van der Waals surface area contributed by atoms with Crippen LogP contribution in [-0.2, 0) is 4.79 Å². The number of carbonyl (C=O) groups excluding carboxylic acids is 1. The van der Waals surface area contributed by atoms with Gasteiger partial charge < -0.3 is 10.1 Å². The van der Waals surface area contributed by atoms with E-state index in [0.717, 1.165) is 24.2 Å². The molecule has 0 aliphatic carbocycles. The molecule has 0 heterocycles. The van der Waals surface area contributed by atoms with Gasteiger partial charge in [0.15, 0.2) is 0 Å². The molecular weight excluding hydrogens is 252 g/mol. The molecule has 0 spiro atoms. The maximum absolute atomic E-state index is 11.7. The Bertz CT molecular complexity index is 498. The zero-order valence-electron chi connectivity index (χ0n) is 12.0. The van der Waals surface area contributed by atoms with Crippen molar-refractivity contribution in [3.63, 3.8) is 0 Å². The third-order valence-electron chi connectivity index (χ3n) is 2.56. The third-order valence-corrected chi connectivity index (χ3v) is 2.56. The number of carbonyl (C=O) groups is 1. The van der Waals surface area contributed by atoms with Crippen molar-refractivity contribution in [3.8, 4) is 11.8 Å². The molecule has 0 fully saturated rings. The van der Waals surface area contributed by atoms with E-state index in [1.165, 1.54) is 0 Å². The Morgan fingerprint density at radius 2 is 2.00 bits per heavy atom. The van der Waals surface area contributed by atoms with Crippen LogP contribution in [-0.4, -0.2) is 19.1 Å². The molecule has 1 N–H and O–H groups in total. The molecule has 106 valence electrons. The number of nitriles is 1. The monoisotopic (exact) mass is 272 g/mol. The summed E-state index contributed by atoms with van der Waals surface area (Å²) in [5.74, 6) is 0.457. The van der Waals surface area contributed by atoms with E-state index >= 15 is 0 Å². The molecule has 1 aromatic rings. The average Bonchev–Trinajstić information content (AvgIpc) is 2.49. The summed E-state index contributed by atoms with van der Waals surface area (Å²) in [5, 5.41) is 11.7. The van der Waals surface area contributed by atoms with Gasteiger partial charge in [0, 0.05) is 6.54 Å². The molecule has 0 unspecified atom stereocenters. The lowest BCUT2D eigenvalue weighted by Gasteiger charge is -2.05. The summed E-state index contributed by atoms with van der Waals surface area (Å²) >= 11 is 0. The van der Waals surface area contributed by atoms with E-state index in [9.17, 15) is 4.79 Å². The first kappa shape index (κ1) is 15.8. The van der Waals surface area contributed by atoms with Crippen molar-refractivity contribution in [3.05, 3.63) is 35.4 Å². The van der Waals surface area contributed by atoms with Crippen molar-refractivity contribution < 1.29 is 9.53 Å². The van der Waals surface area contributed by atoms with Gasteiger partial charge in [0.25, 0.3) is 5.91 Å². The normalized spacial score (nSPS) is 10.8. The van der Waals surface area contributed by atoms with Gasteiger partial charge in [-0.25, -0.2) is 0 Å². The van der Waals surface area contributed by atoms with Gasteiger partial charge >= 0.3 is 0 Å². The predicted octanol–water partition coefficient (Wildman–Crippen LogP) is 2.91. The number of amides is 1. The van der Waals surface area contributed by atoms with Gasteiger partial charge in [0.2, 0.25) is 0 Å². The zero-order chi connectivity index (χ0) is 14.8. The van der Waals surface area contributed by atoms with Crippen molar-refractivity contribution in [1.82, 2.24) is 5.32 Å². The third kappa shape index (κ3) is 5.15. The fourth-order valence-corrected chi connectivity index (χ4v) is 1.53. The molecule has 0 aliphatic rings. The van der Waals surface area contributed by atoms with E-state index in [2.05, 4.69) is 5.32 Å². The highest BCUT2D eigenvalue weighted by atomic mass is 16.5. The predicted molar refractivity (Wildman–Crippen MR) is 79.1 cm³/mol. The Hall–Kier alpha value is -2.28. The van der Waals surface area contributed by atoms with Crippen LogP contribution in [0.1, 0.15) is 32.3 Å². The van der Waals surface area contributed by atoms with E-state index < -0.39 is 0 Å². The number of rotatable bonds is 7. The second-order valence-electron chi connectivity index (χ2n) is 4.34. The van der Waals surface area contributed by atoms with Gasteiger partial charge in [-0.2, -0.15) is 5.26 Å². The maximum atomic E-state index is 11.7. The highest BCUT2D eigenvalue weighted by molar-refractivity contribution is 6.01. The van der Waals surface area contributed by atoms with Crippen molar-refractivity contribution in [2.75, 3.05) is 13.2 Å². The van der Waals surface area contributed by atoms with Gasteiger partial charge in [-0.05, 0) is 36.6 Å². The van der Waals surface area contributed by atoms with Crippen molar-refractivity contribution >= 4 is 12.0 Å². The molecule has 20 heavy (non-hydrogen) atoms. The second-order valence-corrected chi connectivity index (χ2v) is 4.34. The van der Waals surface area contributed by atoms with Crippen LogP contribution in [0.25, 0.3) is 6.08 Å². The largest absolute Gasteiger partial charge is 0.494 e. The Balaban J connectivity index is 2.75. The molecule has 0 aromatic heterocycles. The Kier molecular flexibility index (Phi) is 6.91. The highest BCUT2D eigenvalue weighted by Gasteiger charge is 2.07.